The van der Waals surface area contributed by atoms with Gasteiger partial charge in [-0.3, -0.25) is 8.93 Å². The summed E-state index contributed by atoms with van der Waals surface area (Å²) in [6.07, 6.45) is 4.50. The van der Waals surface area contributed by atoms with Crippen molar-refractivity contribution in [1.29, 1.82) is 0 Å². The molecule has 0 bridgehead atoms. The van der Waals surface area contributed by atoms with Gasteiger partial charge in [0.25, 0.3) is 10.0 Å². The number of anilines is 1. The van der Waals surface area contributed by atoms with Gasteiger partial charge in [0.15, 0.2) is 0 Å². The highest BCUT2D eigenvalue weighted by molar-refractivity contribution is 7.92. The van der Waals surface area contributed by atoms with Gasteiger partial charge in [0.2, 0.25) is 5.09 Å². The summed E-state index contributed by atoms with van der Waals surface area (Å²) in [5, 5.41) is 0.749. The predicted molar refractivity (Wildman–Crippen MR) is 121 cm³/mol. The highest BCUT2D eigenvalue weighted by Gasteiger charge is 2.23. The zero-order valence-corrected chi connectivity index (χ0v) is 19.0. The summed E-state index contributed by atoms with van der Waals surface area (Å²) in [5.41, 5.74) is 1.26. The van der Waals surface area contributed by atoms with E-state index in [1.165, 1.54) is 12.1 Å². The Hall–Kier alpha value is -2.62. The summed E-state index contributed by atoms with van der Waals surface area (Å²) in [5.74, 6) is 0.151. The van der Waals surface area contributed by atoms with Crippen molar-refractivity contribution < 1.29 is 17.0 Å². The van der Waals surface area contributed by atoms with Gasteiger partial charge < -0.3 is 8.98 Å². The summed E-state index contributed by atoms with van der Waals surface area (Å²) in [4.78, 5) is 4.60. The Kier molecular flexibility index (Phi) is 6.17. The van der Waals surface area contributed by atoms with Crippen molar-refractivity contribution in [3.8, 4) is 0 Å². The Bertz CT molecular complexity index is 1330. The van der Waals surface area contributed by atoms with E-state index in [0.29, 0.717) is 26.6 Å². The molecule has 0 amide bonds. The maximum atomic E-state index is 13.0. The minimum atomic E-state index is -4.05. The SMILES string of the molecule is CCCn1cnc(CS(=O)c2ccc(Cl)cc2NS(=O)(=O)c2cc3ccccc3o2)c1. The van der Waals surface area contributed by atoms with Gasteiger partial charge in [0.05, 0.1) is 39.2 Å². The average molecular weight is 478 g/mol. The summed E-state index contributed by atoms with van der Waals surface area (Å²) < 4.78 is 48.8. The lowest BCUT2D eigenvalue weighted by Gasteiger charge is -2.11. The van der Waals surface area contributed by atoms with Gasteiger partial charge in [-0.15, -0.1) is 0 Å². The predicted octanol–water partition coefficient (Wildman–Crippen LogP) is 4.80. The van der Waals surface area contributed by atoms with E-state index in [0.717, 1.165) is 13.0 Å². The molecule has 0 aliphatic rings. The first-order valence-corrected chi connectivity index (χ1v) is 12.7. The standard InChI is InChI=1S/C21H20ClN3O4S2/c1-2-9-25-12-17(23-14-25)13-30(26)20-8-7-16(22)11-18(20)24-31(27,28)21-10-15-5-3-4-6-19(15)29-21/h3-8,10-12,14,24H,2,9,13H2,1H3. The van der Waals surface area contributed by atoms with Crippen LogP contribution in [0, 0.1) is 0 Å². The molecule has 1 N–H and O–H groups in total. The zero-order valence-electron chi connectivity index (χ0n) is 16.6. The molecule has 4 rings (SSSR count). The van der Waals surface area contributed by atoms with Crippen LogP contribution in [0.4, 0.5) is 5.69 Å². The molecule has 2 aromatic heterocycles. The molecule has 162 valence electrons. The lowest BCUT2D eigenvalue weighted by molar-refractivity contribution is 0.484. The number of hydrogen-bond acceptors (Lipinski definition) is 5. The number of imidazole rings is 1. The molecule has 0 aliphatic heterocycles. The average Bonchev–Trinajstić information content (AvgIpc) is 3.35. The number of hydrogen-bond donors (Lipinski definition) is 1. The molecule has 0 aliphatic carbocycles. The van der Waals surface area contributed by atoms with Crippen LogP contribution in [0.1, 0.15) is 19.0 Å². The molecule has 0 saturated heterocycles. The second kappa shape index (κ2) is 8.86. The number of aromatic nitrogens is 2. The normalized spacial score (nSPS) is 12.8. The minimum absolute atomic E-state index is 0.138. The second-order valence-electron chi connectivity index (χ2n) is 6.94. The van der Waals surface area contributed by atoms with E-state index in [9.17, 15) is 12.6 Å². The van der Waals surface area contributed by atoms with E-state index in [1.807, 2.05) is 10.8 Å². The van der Waals surface area contributed by atoms with Crippen LogP contribution in [-0.2, 0) is 33.1 Å². The quantitative estimate of drug-likeness (QED) is 0.393. The van der Waals surface area contributed by atoms with Crippen LogP contribution in [0.3, 0.4) is 0 Å². The Morgan fingerprint density at radius 1 is 1.19 bits per heavy atom. The van der Waals surface area contributed by atoms with E-state index in [-0.39, 0.29) is 16.5 Å². The smallest absolute Gasteiger partial charge is 0.295 e. The fourth-order valence-corrected chi connectivity index (χ4v) is 5.56. The first-order chi connectivity index (χ1) is 14.9. The van der Waals surface area contributed by atoms with Gasteiger partial charge in [-0.05, 0) is 30.7 Å². The lowest BCUT2D eigenvalue weighted by atomic mass is 10.3. The number of benzene rings is 2. The Labute approximate surface area is 187 Å². The molecule has 4 aromatic rings. The van der Waals surface area contributed by atoms with Crippen molar-refractivity contribution >= 4 is 49.1 Å². The van der Waals surface area contributed by atoms with Crippen molar-refractivity contribution in [3.05, 3.63) is 71.8 Å². The zero-order chi connectivity index (χ0) is 22.0. The number of fused-ring (bicyclic) bond motifs is 1. The number of para-hydroxylation sites is 1. The summed E-state index contributed by atoms with van der Waals surface area (Å²) >= 11 is 6.09. The van der Waals surface area contributed by atoms with Gasteiger partial charge in [-0.1, -0.05) is 36.7 Å². The molecule has 0 saturated carbocycles. The summed E-state index contributed by atoms with van der Waals surface area (Å²) in [7, 11) is -5.60. The molecule has 0 fully saturated rings. The van der Waals surface area contributed by atoms with E-state index >= 15 is 0 Å². The van der Waals surface area contributed by atoms with E-state index in [1.54, 1.807) is 42.7 Å². The van der Waals surface area contributed by atoms with Crippen LogP contribution in [-0.4, -0.2) is 22.2 Å². The van der Waals surface area contributed by atoms with Crippen LogP contribution >= 0.6 is 11.6 Å². The highest BCUT2D eigenvalue weighted by Crippen LogP contribution is 2.29. The summed E-state index contributed by atoms with van der Waals surface area (Å²) in [6.45, 7) is 2.88. The molecule has 1 atom stereocenters. The number of halogens is 1. The third-order valence-corrected chi connectivity index (χ3v) is 7.41. The largest absolute Gasteiger partial charge is 0.443 e. The Morgan fingerprint density at radius 2 is 2.00 bits per heavy atom. The molecule has 1 unspecified atom stereocenters. The number of nitrogens with one attached hydrogen (secondary N) is 1. The maximum Gasteiger partial charge on any atom is 0.295 e. The van der Waals surface area contributed by atoms with Gasteiger partial charge >= 0.3 is 0 Å². The number of nitrogens with zero attached hydrogens (tertiary/aromatic N) is 2. The number of furan rings is 1. The molecule has 31 heavy (non-hydrogen) atoms. The maximum absolute atomic E-state index is 13.0. The minimum Gasteiger partial charge on any atom is -0.443 e. The molecule has 7 nitrogen and oxygen atoms in total. The lowest BCUT2D eigenvalue weighted by Crippen LogP contribution is -2.14. The van der Waals surface area contributed by atoms with Crippen molar-refractivity contribution in [1.82, 2.24) is 9.55 Å². The molecule has 2 heterocycles. The number of aryl methyl sites for hydroxylation is 1. The highest BCUT2D eigenvalue weighted by atomic mass is 35.5. The van der Waals surface area contributed by atoms with Crippen LogP contribution in [0.2, 0.25) is 5.02 Å². The molecule has 0 spiro atoms. The fraction of sp³-hybridized carbons (Fsp3) is 0.190. The van der Waals surface area contributed by atoms with Crippen LogP contribution in [0.15, 0.2) is 75.5 Å². The van der Waals surface area contributed by atoms with Crippen LogP contribution in [0.5, 0.6) is 0 Å². The Morgan fingerprint density at radius 3 is 2.77 bits per heavy atom. The third kappa shape index (κ3) is 4.84. The van der Waals surface area contributed by atoms with E-state index in [2.05, 4.69) is 16.6 Å². The monoisotopic (exact) mass is 477 g/mol. The van der Waals surface area contributed by atoms with E-state index in [4.69, 9.17) is 16.0 Å². The van der Waals surface area contributed by atoms with Gasteiger partial charge in [-0.2, -0.15) is 8.42 Å². The summed E-state index contributed by atoms with van der Waals surface area (Å²) in [6, 6.07) is 13.0. The van der Waals surface area contributed by atoms with E-state index < -0.39 is 20.8 Å². The first kappa shape index (κ1) is 21.6. The first-order valence-electron chi connectivity index (χ1n) is 9.55. The van der Waals surface area contributed by atoms with Crippen LogP contribution < -0.4 is 4.72 Å². The molecule has 2 aromatic carbocycles. The number of rotatable bonds is 8. The third-order valence-electron chi connectivity index (χ3n) is 4.55. The van der Waals surface area contributed by atoms with Crippen molar-refractivity contribution in [2.24, 2.45) is 0 Å². The number of sulfonamides is 1. The molecule has 0 radical (unpaired) electrons. The topological polar surface area (TPSA) is 94.2 Å². The van der Waals surface area contributed by atoms with Gasteiger partial charge in [0.1, 0.15) is 5.58 Å². The van der Waals surface area contributed by atoms with Crippen molar-refractivity contribution in [2.45, 2.75) is 35.6 Å². The fourth-order valence-electron chi connectivity index (χ4n) is 3.14. The van der Waals surface area contributed by atoms with Crippen molar-refractivity contribution in [3.63, 3.8) is 0 Å². The van der Waals surface area contributed by atoms with Gasteiger partial charge in [0, 0.05) is 29.2 Å². The van der Waals surface area contributed by atoms with Gasteiger partial charge in [-0.25, -0.2) is 4.98 Å². The van der Waals surface area contributed by atoms with Crippen molar-refractivity contribution in [2.75, 3.05) is 4.72 Å². The Balaban J connectivity index is 1.62. The van der Waals surface area contributed by atoms with Crippen LogP contribution in [0.25, 0.3) is 11.0 Å². The molecular formula is C21H20ClN3O4S2. The molecular weight excluding hydrogens is 458 g/mol. The second-order valence-corrected chi connectivity index (χ2v) is 10.4. The molecule has 10 heteroatoms.